The van der Waals surface area contributed by atoms with Gasteiger partial charge in [0, 0.05) is 35.2 Å². The smallest absolute Gasteiger partial charge is 0.253 e. The van der Waals surface area contributed by atoms with Gasteiger partial charge in [0.1, 0.15) is 0 Å². The van der Waals surface area contributed by atoms with E-state index in [-0.39, 0.29) is 5.91 Å². The summed E-state index contributed by atoms with van der Waals surface area (Å²) in [6.45, 7) is 4.06. The summed E-state index contributed by atoms with van der Waals surface area (Å²) in [6, 6.07) is 5.28. The van der Waals surface area contributed by atoms with Gasteiger partial charge in [-0.25, -0.2) is 0 Å². The molecule has 5 heteroatoms. The van der Waals surface area contributed by atoms with Crippen LogP contribution in [-0.2, 0) is 0 Å². The highest BCUT2D eigenvalue weighted by atomic mass is 35.5. The Hall–Kier alpha value is -1.15. The fourth-order valence-corrected chi connectivity index (χ4v) is 3.64. The van der Waals surface area contributed by atoms with Gasteiger partial charge < -0.3 is 10.6 Å². The van der Waals surface area contributed by atoms with Crippen molar-refractivity contribution in [2.75, 3.05) is 25.4 Å². The predicted octanol–water partition coefficient (Wildman–Crippen LogP) is 2.62. The van der Waals surface area contributed by atoms with Gasteiger partial charge in [0.2, 0.25) is 0 Å². The van der Waals surface area contributed by atoms with Crippen molar-refractivity contribution in [3.63, 3.8) is 0 Å². The summed E-state index contributed by atoms with van der Waals surface area (Å²) >= 11 is 8.13. The molecule has 1 aliphatic heterocycles. The Balaban J connectivity index is 2.14. The first-order chi connectivity index (χ1) is 10.2. The Morgan fingerprint density at radius 1 is 1.57 bits per heavy atom. The third kappa shape index (κ3) is 4.16. The normalized spacial score (nSPS) is 18.0. The predicted molar refractivity (Wildman–Crippen MR) is 89.8 cm³/mol. The number of rotatable bonds is 2. The number of nitrogens with two attached hydrogens (primary N) is 1. The Bertz CT molecular complexity index is 579. The highest BCUT2D eigenvalue weighted by Crippen LogP contribution is 2.24. The van der Waals surface area contributed by atoms with Gasteiger partial charge in [-0.15, -0.1) is 0 Å². The first kappa shape index (κ1) is 16.2. The van der Waals surface area contributed by atoms with Gasteiger partial charge in [0.25, 0.3) is 5.91 Å². The Labute approximate surface area is 135 Å². The second kappa shape index (κ2) is 7.74. The van der Waals surface area contributed by atoms with Gasteiger partial charge in [0.05, 0.1) is 11.6 Å². The fourth-order valence-electron chi connectivity index (χ4n) is 2.23. The zero-order chi connectivity index (χ0) is 15.2. The molecule has 1 amide bonds. The van der Waals surface area contributed by atoms with Crippen molar-refractivity contribution >= 4 is 29.3 Å². The van der Waals surface area contributed by atoms with Crippen LogP contribution in [0.25, 0.3) is 0 Å². The number of benzene rings is 1. The quantitative estimate of drug-likeness (QED) is 0.851. The second-order valence-electron chi connectivity index (χ2n) is 4.85. The van der Waals surface area contributed by atoms with Crippen molar-refractivity contribution in [1.29, 1.82) is 0 Å². The maximum atomic E-state index is 12.5. The molecule has 0 aliphatic carbocycles. The molecule has 0 spiro atoms. The molecule has 0 radical (unpaired) electrons. The molecule has 0 aromatic heterocycles. The molecule has 0 bridgehead atoms. The molecule has 2 rings (SSSR count). The number of thioether (sulfide) groups is 1. The van der Waals surface area contributed by atoms with E-state index in [0.29, 0.717) is 27.9 Å². The average molecular weight is 323 g/mol. The van der Waals surface area contributed by atoms with E-state index >= 15 is 0 Å². The molecule has 3 nitrogen and oxygen atoms in total. The van der Waals surface area contributed by atoms with Gasteiger partial charge in [0.15, 0.2) is 0 Å². The largest absolute Gasteiger partial charge is 0.337 e. The van der Waals surface area contributed by atoms with Crippen molar-refractivity contribution in [3.05, 3.63) is 34.3 Å². The van der Waals surface area contributed by atoms with E-state index in [4.69, 9.17) is 17.3 Å². The molecule has 1 saturated heterocycles. The van der Waals surface area contributed by atoms with E-state index in [0.717, 1.165) is 25.3 Å². The number of halogens is 1. The minimum absolute atomic E-state index is 0.0500. The van der Waals surface area contributed by atoms with Crippen molar-refractivity contribution in [3.8, 4) is 11.8 Å². The Morgan fingerprint density at radius 3 is 3.05 bits per heavy atom. The lowest BCUT2D eigenvalue weighted by Crippen LogP contribution is -2.41. The SMILES string of the molecule is CCC1CN(C(=O)c2ccc(C#CCN)c(Cl)c2)CCS1. The zero-order valence-electron chi connectivity index (χ0n) is 12.1. The maximum absolute atomic E-state index is 12.5. The minimum atomic E-state index is 0.0500. The molecule has 1 aromatic rings. The summed E-state index contributed by atoms with van der Waals surface area (Å²) in [6.07, 6.45) is 1.09. The van der Waals surface area contributed by atoms with Crippen molar-refractivity contribution in [2.45, 2.75) is 18.6 Å². The average Bonchev–Trinajstić information content (AvgIpc) is 2.53. The molecule has 1 atom stereocenters. The molecule has 1 fully saturated rings. The first-order valence-corrected chi connectivity index (χ1v) is 8.47. The summed E-state index contributed by atoms with van der Waals surface area (Å²) in [5, 5.41) is 1.04. The molecule has 1 aromatic carbocycles. The van der Waals surface area contributed by atoms with Gasteiger partial charge in [-0.3, -0.25) is 4.79 Å². The van der Waals surface area contributed by atoms with Crippen LogP contribution in [0.15, 0.2) is 18.2 Å². The van der Waals surface area contributed by atoms with E-state index in [1.807, 2.05) is 16.7 Å². The van der Waals surface area contributed by atoms with Crippen molar-refractivity contribution in [1.82, 2.24) is 4.90 Å². The lowest BCUT2D eigenvalue weighted by Gasteiger charge is -2.32. The van der Waals surface area contributed by atoms with E-state index in [1.54, 1.807) is 18.2 Å². The summed E-state index contributed by atoms with van der Waals surface area (Å²) in [5.74, 6) is 6.71. The zero-order valence-corrected chi connectivity index (χ0v) is 13.6. The number of hydrogen-bond donors (Lipinski definition) is 1. The van der Waals surface area contributed by atoms with Crippen LogP contribution in [0.1, 0.15) is 29.3 Å². The third-order valence-corrected chi connectivity index (χ3v) is 5.11. The molecule has 1 aliphatic rings. The topological polar surface area (TPSA) is 46.3 Å². The summed E-state index contributed by atoms with van der Waals surface area (Å²) < 4.78 is 0. The first-order valence-electron chi connectivity index (χ1n) is 7.05. The van der Waals surface area contributed by atoms with Crippen LogP contribution in [0.2, 0.25) is 5.02 Å². The monoisotopic (exact) mass is 322 g/mol. The van der Waals surface area contributed by atoms with Crippen LogP contribution in [0.5, 0.6) is 0 Å². The van der Waals surface area contributed by atoms with Crippen LogP contribution in [0.4, 0.5) is 0 Å². The number of hydrogen-bond acceptors (Lipinski definition) is 3. The number of amides is 1. The van der Waals surface area contributed by atoms with E-state index in [1.165, 1.54) is 0 Å². The van der Waals surface area contributed by atoms with E-state index in [9.17, 15) is 4.79 Å². The molecule has 1 unspecified atom stereocenters. The molecule has 0 saturated carbocycles. The lowest BCUT2D eigenvalue weighted by atomic mass is 10.1. The van der Waals surface area contributed by atoms with Crippen molar-refractivity contribution < 1.29 is 4.79 Å². The molecule has 21 heavy (non-hydrogen) atoms. The highest BCUT2D eigenvalue weighted by Gasteiger charge is 2.24. The number of nitrogens with zero attached hydrogens (tertiary/aromatic N) is 1. The number of carbonyl (C=O) groups excluding carboxylic acids is 1. The van der Waals surface area contributed by atoms with Crippen LogP contribution in [0, 0.1) is 11.8 Å². The summed E-state index contributed by atoms with van der Waals surface area (Å²) in [5.41, 5.74) is 6.68. The second-order valence-corrected chi connectivity index (χ2v) is 6.67. The summed E-state index contributed by atoms with van der Waals surface area (Å²) in [7, 11) is 0. The highest BCUT2D eigenvalue weighted by molar-refractivity contribution is 8.00. The van der Waals surface area contributed by atoms with Crippen LogP contribution in [0.3, 0.4) is 0 Å². The van der Waals surface area contributed by atoms with Gasteiger partial charge in [-0.2, -0.15) is 11.8 Å². The van der Waals surface area contributed by atoms with Gasteiger partial charge >= 0.3 is 0 Å². The summed E-state index contributed by atoms with van der Waals surface area (Å²) in [4.78, 5) is 14.5. The lowest BCUT2D eigenvalue weighted by molar-refractivity contribution is 0.0761. The minimum Gasteiger partial charge on any atom is -0.337 e. The molecular weight excluding hydrogens is 304 g/mol. The Morgan fingerprint density at radius 2 is 2.38 bits per heavy atom. The van der Waals surface area contributed by atoms with E-state index in [2.05, 4.69) is 18.8 Å². The van der Waals surface area contributed by atoms with Crippen LogP contribution < -0.4 is 5.73 Å². The fraction of sp³-hybridized carbons (Fsp3) is 0.438. The van der Waals surface area contributed by atoms with Gasteiger partial charge in [-0.1, -0.05) is 30.4 Å². The molecule has 1 heterocycles. The van der Waals surface area contributed by atoms with Crippen molar-refractivity contribution in [2.24, 2.45) is 5.73 Å². The standard InChI is InChI=1S/C16H19ClN2OS/c1-2-14-11-19(8-9-21-14)16(20)13-6-5-12(4-3-7-18)15(17)10-13/h5-6,10,14H,2,7-9,11,18H2,1H3. The van der Waals surface area contributed by atoms with E-state index < -0.39 is 0 Å². The molecular formula is C16H19ClN2OS. The molecule has 2 N–H and O–H groups in total. The Kier molecular flexibility index (Phi) is 5.98. The third-order valence-electron chi connectivity index (χ3n) is 3.42. The van der Waals surface area contributed by atoms with Crippen LogP contribution in [-0.4, -0.2) is 41.4 Å². The maximum Gasteiger partial charge on any atom is 0.253 e. The molecule has 112 valence electrons. The van der Waals surface area contributed by atoms with Crippen LogP contribution >= 0.6 is 23.4 Å². The number of carbonyl (C=O) groups is 1. The van der Waals surface area contributed by atoms with Gasteiger partial charge in [-0.05, 0) is 24.6 Å².